The molecule has 18 heavy (non-hydrogen) atoms. The molecular formula is C12H16N4O2. The van der Waals surface area contributed by atoms with Gasteiger partial charge in [-0.1, -0.05) is 6.07 Å². The quantitative estimate of drug-likeness (QED) is 0.768. The van der Waals surface area contributed by atoms with Crippen molar-refractivity contribution in [3.05, 3.63) is 35.8 Å². The summed E-state index contributed by atoms with van der Waals surface area (Å²) in [6.45, 7) is 3.47. The van der Waals surface area contributed by atoms with Crippen molar-refractivity contribution >= 4 is 11.7 Å². The van der Waals surface area contributed by atoms with Gasteiger partial charge in [-0.15, -0.1) is 0 Å². The first-order chi connectivity index (χ1) is 8.68. The number of fused-ring (bicyclic) bond motifs is 1. The molecule has 0 atom stereocenters. The Kier molecular flexibility index (Phi) is 3.78. The van der Waals surface area contributed by atoms with Gasteiger partial charge < -0.3 is 20.2 Å². The van der Waals surface area contributed by atoms with E-state index in [-0.39, 0.29) is 6.61 Å². The largest absolute Gasteiger partial charge is 0.448 e. The minimum absolute atomic E-state index is 0.269. The average Bonchev–Trinajstić information content (AvgIpc) is 2.65. The van der Waals surface area contributed by atoms with E-state index >= 15 is 0 Å². The molecule has 0 saturated carbocycles. The fraction of sp³-hybridized carbons (Fsp3) is 0.333. The number of nitrogens with zero attached hydrogens (tertiary/aromatic N) is 2. The maximum absolute atomic E-state index is 10.4. The number of amides is 1. The van der Waals surface area contributed by atoms with Crippen LogP contribution in [0.25, 0.3) is 5.65 Å². The van der Waals surface area contributed by atoms with E-state index < -0.39 is 6.09 Å². The lowest BCUT2D eigenvalue weighted by atomic mass is 10.3. The molecule has 0 spiro atoms. The number of imidazole rings is 1. The van der Waals surface area contributed by atoms with Crippen molar-refractivity contribution in [2.24, 2.45) is 5.73 Å². The molecule has 0 aliphatic rings. The van der Waals surface area contributed by atoms with Crippen molar-refractivity contribution in [1.82, 2.24) is 14.7 Å². The zero-order valence-electron chi connectivity index (χ0n) is 10.2. The molecule has 0 unspecified atom stereocenters. The van der Waals surface area contributed by atoms with Crippen LogP contribution in [0.4, 0.5) is 4.79 Å². The van der Waals surface area contributed by atoms with Crippen molar-refractivity contribution in [3.8, 4) is 0 Å². The fourth-order valence-electron chi connectivity index (χ4n) is 1.81. The fourth-order valence-corrected chi connectivity index (χ4v) is 1.81. The van der Waals surface area contributed by atoms with Crippen LogP contribution in [0.5, 0.6) is 0 Å². The van der Waals surface area contributed by atoms with Gasteiger partial charge in [-0.25, -0.2) is 9.78 Å². The third-order valence-corrected chi connectivity index (χ3v) is 2.64. The summed E-state index contributed by atoms with van der Waals surface area (Å²) < 4.78 is 6.67. The van der Waals surface area contributed by atoms with Gasteiger partial charge >= 0.3 is 6.09 Å². The van der Waals surface area contributed by atoms with E-state index in [0.29, 0.717) is 13.1 Å². The number of aromatic nitrogens is 2. The summed E-state index contributed by atoms with van der Waals surface area (Å²) >= 11 is 0. The van der Waals surface area contributed by atoms with Gasteiger partial charge in [0.25, 0.3) is 0 Å². The molecule has 0 aliphatic heterocycles. The second kappa shape index (κ2) is 5.50. The topological polar surface area (TPSA) is 81.7 Å². The van der Waals surface area contributed by atoms with Crippen LogP contribution < -0.4 is 11.1 Å². The predicted molar refractivity (Wildman–Crippen MR) is 67.2 cm³/mol. The Bertz CT molecular complexity index is 550. The number of carbonyl (C=O) groups excluding carboxylic acids is 1. The van der Waals surface area contributed by atoms with Gasteiger partial charge in [-0.05, 0) is 19.1 Å². The van der Waals surface area contributed by atoms with E-state index in [4.69, 9.17) is 5.73 Å². The van der Waals surface area contributed by atoms with Crippen molar-refractivity contribution in [1.29, 1.82) is 0 Å². The van der Waals surface area contributed by atoms with Crippen molar-refractivity contribution in [3.63, 3.8) is 0 Å². The molecule has 0 aliphatic carbocycles. The third kappa shape index (κ3) is 2.78. The minimum atomic E-state index is -0.747. The van der Waals surface area contributed by atoms with Gasteiger partial charge in [-0.3, -0.25) is 0 Å². The molecule has 2 aromatic rings. The molecule has 2 heterocycles. The van der Waals surface area contributed by atoms with Gasteiger partial charge in [0.05, 0.1) is 11.4 Å². The Morgan fingerprint density at radius 2 is 2.39 bits per heavy atom. The van der Waals surface area contributed by atoms with Crippen molar-refractivity contribution < 1.29 is 9.53 Å². The number of aryl methyl sites for hydroxylation is 1. The summed E-state index contributed by atoms with van der Waals surface area (Å²) in [6, 6.07) is 5.89. The van der Waals surface area contributed by atoms with Crippen LogP contribution >= 0.6 is 0 Å². The molecule has 0 fully saturated rings. The highest BCUT2D eigenvalue weighted by atomic mass is 16.5. The first-order valence-corrected chi connectivity index (χ1v) is 5.74. The van der Waals surface area contributed by atoms with E-state index in [1.165, 1.54) is 0 Å². The molecule has 2 rings (SSSR count). The molecule has 0 saturated heterocycles. The van der Waals surface area contributed by atoms with Gasteiger partial charge in [0.1, 0.15) is 12.3 Å². The number of rotatable bonds is 5. The molecule has 1 amide bonds. The zero-order chi connectivity index (χ0) is 13.0. The molecule has 6 heteroatoms. The van der Waals surface area contributed by atoms with E-state index in [0.717, 1.165) is 17.0 Å². The Hall–Kier alpha value is -2.08. The summed E-state index contributed by atoms with van der Waals surface area (Å²) in [4.78, 5) is 14.8. The normalized spacial score (nSPS) is 10.7. The predicted octanol–water partition coefficient (Wildman–Crippen LogP) is 0.828. The smallest absolute Gasteiger partial charge is 0.404 e. The zero-order valence-corrected chi connectivity index (χ0v) is 10.2. The van der Waals surface area contributed by atoms with Crippen LogP contribution in [-0.4, -0.2) is 28.6 Å². The highest BCUT2D eigenvalue weighted by Gasteiger charge is 2.06. The van der Waals surface area contributed by atoms with Crippen molar-refractivity contribution in [2.75, 3.05) is 13.2 Å². The lowest BCUT2D eigenvalue weighted by molar-refractivity contribution is 0.157. The maximum Gasteiger partial charge on any atom is 0.404 e. The molecular weight excluding hydrogens is 232 g/mol. The van der Waals surface area contributed by atoms with Crippen molar-refractivity contribution in [2.45, 2.75) is 13.5 Å². The van der Waals surface area contributed by atoms with Gasteiger partial charge in [0.2, 0.25) is 0 Å². The second-order valence-corrected chi connectivity index (χ2v) is 3.92. The van der Waals surface area contributed by atoms with E-state index in [2.05, 4.69) is 15.0 Å². The van der Waals surface area contributed by atoms with Gasteiger partial charge in [-0.2, -0.15) is 0 Å². The van der Waals surface area contributed by atoms with Crippen LogP contribution in [0, 0.1) is 6.92 Å². The highest BCUT2D eigenvalue weighted by Crippen LogP contribution is 2.10. The summed E-state index contributed by atoms with van der Waals surface area (Å²) in [5.41, 5.74) is 7.89. The van der Waals surface area contributed by atoms with Crippen LogP contribution in [-0.2, 0) is 11.3 Å². The first-order valence-electron chi connectivity index (χ1n) is 5.74. The van der Waals surface area contributed by atoms with Crippen LogP contribution in [0.2, 0.25) is 0 Å². The van der Waals surface area contributed by atoms with Crippen LogP contribution in [0.1, 0.15) is 11.4 Å². The molecule has 0 bridgehead atoms. The number of carbonyl (C=O) groups is 1. The standard InChI is InChI=1S/C12H16N4O2/c1-9-10(8-14-5-7-18-12(13)17)16-6-3-2-4-11(16)15-9/h2-4,6,14H,5,7-8H2,1H3,(H2,13,17). The Morgan fingerprint density at radius 1 is 1.56 bits per heavy atom. The maximum atomic E-state index is 10.4. The number of hydrogen-bond donors (Lipinski definition) is 2. The van der Waals surface area contributed by atoms with E-state index in [9.17, 15) is 4.79 Å². The number of ether oxygens (including phenoxy) is 1. The second-order valence-electron chi connectivity index (χ2n) is 3.92. The molecule has 0 radical (unpaired) electrons. The number of pyridine rings is 1. The van der Waals surface area contributed by atoms with Gasteiger partial charge in [0.15, 0.2) is 0 Å². The number of nitrogens with one attached hydrogen (secondary N) is 1. The van der Waals surface area contributed by atoms with Gasteiger partial charge in [0, 0.05) is 19.3 Å². The lowest BCUT2D eigenvalue weighted by Crippen LogP contribution is -2.24. The number of nitrogens with two attached hydrogens (primary N) is 1. The summed E-state index contributed by atoms with van der Waals surface area (Å²) in [7, 11) is 0. The van der Waals surface area contributed by atoms with Crippen LogP contribution in [0.15, 0.2) is 24.4 Å². The Morgan fingerprint density at radius 3 is 3.17 bits per heavy atom. The SMILES string of the molecule is Cc1nc2ccccn2c1CNCCOC(N)=O. The highest BCUT2D eigenvalue weighted by molar-refractivity contribution is 5.64. The molecule has 0 aromatic carbocycles. The Labute approximate surface area is 105 Å². The van der Waals surface area contributed by atoms with Crippen LogP contribution in [0.3, 0.4) is 0 Å². The molecule has 6 nitrogen and oxygen atoms in total. The first kappa shape index (κ1) is 12.4. The minimum Gasteiger partial charge on any atom is -0.448 e. The van der Waals surface area contributed by atoms with E-state index in [1.807, 2.05) is 35.7 Å². The third-order valence-electron chi connectivity index (χ3n) is 2.64. The number of primary amides is 1. The monoisotopic (exact) mass is 248 g/mol. The van der Waals surface area contributed by atoms with E-state index in [1.54, 1.807) is 0 Å². The molecule has 96 valence electrons. The number of hydrogen-bond acceptors (Lipinski definition) is 4. The molecule has 2 aromatic heterocycles. The summed E-state index contributed by atoms with van der Waals surface area (Å²) in [6.07, 6.45) is 1.23. The average molecular weight is 248 g/mol. The summed E-state index contributed by atoms with van der Waals surface area (Å²) in [5, 5.41) is 3.18. The summed E-state index contributed by atoms with van der Waals surface area (Å²) in [5.74, 6) is 0. The molecule has 3 N–H and O–H groups in total. The Balaban J connectivity index is 1.95. The lowest BCUT2D eigenvalue weighted by Gasteiger charge is -2.05.